The SMILES string of the molecule is CO/C(=C/C=C/C(C)/C=C(C)/C=C\C=C\C(=O)NC(C(=O)N/C=C\CC(O)C/C=C(\C)Cl)C(C)(C)C)C(=O)O. The summed E-state index contributed by atoms with van der Waals surface area (Å²) in [5.41, 5.74) is 0.413. The summed E-state index contributed by atoms with van der Waals surface area (Å²) >= 11 is 5.76. The molecule has 0 aliphatic heterocycles. The zero-order valence-electron chi connectivity index (χ0n) is 23.9. The molecule has 2 amide bonds. The van der Waals surface area contributed by atoms with Gasteiger partial charge in [0.1, 0.15) is 6.04 Å². The summed E-state index contributed by atoms with van der Waals surface area (Å²) in [7, 11) is 1.30. The molecule has 0 aromatic rings. The number of hydrogen-bond donors (Lipinski definition) is 4. The van der Waals surface area contributed by atoms with Crippen LogP contribution < -0.4 is 10.6 Å². The van der Waals surface area contributed by atoms with E-state index in [0.29, 0.717) is 17.9 Å². The normalized spacial score (nSPS) is 16.2. The standard InChI is InChI=1S/C30H43ClN2O6/c1-21(20-22(2)13-10-15-25(39-7)29(37)38)12-8-9-16-26(35)33-27(30(4,5)6)28(36)32-19-11-14-24(34)18-17-23(3)31/h8-13,15-17,19-20,22,24,27,34H,14,18H2,1-7H3,(H,32,36)(H,33,35)(H,37,38)/b12-8-,13-10+,16-9+,19-11-,21-20+,23-17+,25-15+. The van der Waals surface area contributed by atoms with Crippen molar-refractivity contribution in [2.24, 2.45) is 11.3 Å². The van der Waals surface area contributed by atoms with Crippen LogP contribution in [0.25, 0.3) is 0 Å². The molecule has 0 radical (unpaired) electrons. The topological polar surface area (TPSA) is 125 Å². The molecular formula is C30H43ClN2O6. The van der Waals surface area contributed by atoms with Crippen molar-refractivity contribution in [1.82, 2.24) is 10.6 Å². The van der Waals surface area contributed by atoms with Crippen LogP contribution in [0.3, 0.4) is 0 Å². The predicted octanol–water partition coefficient (Wildman–Crippen LogP) is 5.30. The molecule has 0 aliphatic carbocycles. The number of aliphatic carboxylic acids is 1. The third-order valence-corrected chi connectivity index (χ3v) is 5.33. The first-order valence-corrected chi connectivity index (χ1v) is 13.0. The van der Waals surface area contributed by atoms with Crippen LogP contribution in [0, 0.1) is 11.3 Å². The van der Waals surface area contributed by atoms with Crippen LogP contribution in [0.2, 0.25) is 0 Å². The zero-order valence-corrected chi connectivity index (χ0v) is 24.7. The fraction of sp³-hybridized carbons (Fsp3) is 0.433. The van der Waals surface area contributed by atoms with E-state index in [1.165, 1.54) is 25.5 Å². The largest absolute Gasteiger partial charge is 0.490 e. The molecule has 0 spiro atoms. The lowest BCUT2D eigenvalue weighted by Gasteiger charge is -2.29. The molecule has 8 nitrogen and oxygen atoms in total. The number of aliphatic hydroxyl groups is 1. The van der Waals surface area contributed by atoms with Gasteiger partial charge in [-0.05, 0) is 50.3 Å². The molecule has 9 heteroatoms. The number of aliphatic hydroxyl groups excluding tert-OH is 1. The number of hydrogen-bond acceptors (Lipinski definition) is 5. The smallest absolute Gasteiger partial charge is 0.371 e. The molecule has 216 valence electrons. The highest BCUT2D eigenvalue weighted by molar-refractivity contribution is 6.29. The highest BCUT2D eigenvalue weighted by atomic mass is 35.5. The van der Waals surface area contributed by atoms with E-state index in [9.17, 15) is 19.5 Å². The van der Waals surface area contributed by atoms with Crippen molar-refractivity contribution >= 4 is 29.4 Å². The van der Waals surface area contributed by atoms with Gasteiger partial charge >= 0.3 is 5.97 Å². The Bertz CT molecular complexity index is 1020. The minimum absolute atomic E-state index is 0.0418. The lowest BCUT2D eigenvalue weighted by molar-refractivity contribution is -0.136. The van der Waals surface area contributed by atoms with Crippen molar-refractivity contribution < 1.29 is 29.3 Å². The predicted molar refractivity (Wildman–Crippen MR) is 157 cm³/mol. The summed E-state index contributed by atoms with van der Waals surface area (Å²) < 4.78 is 4.76. The van der Waals surface area contributed by atoms with Crippen molar-refractivity contribution in [3.05, 3.63) is 83.3 Å². The molecule has 3 atom stereocenters. The molecule has 3 unspecified atom stereocenters. The number of amides is 2. The monoisotopic (exact) mass is 562 g/mol. The summed E-state index contributed by atoms with van der Waals surface area (Å²) in [5, 5.41) is 24.9. The number of carboxylic acids is 1. The Kier molecular flexibility index (Phi) is 17.2. The summed E-state index contributed by atoms with van der Waals surface area (Å²) in [6.07, 6.45) is 18.3. The van der Waals surface area contributed by atoms with Crippen LogP contribution in [-0.2, 0) is 19.1 Å². The molecule has 0 fully saturated rings. The summed E-state index contributed by atoms with van der Waals surface area (Å²) in [5.74, 6) is -2.01. The molecule has 0 aromatic heterocycles. The molecule has 0 saturated heterocycles. The summed E-state index contributed by atoms with van der Waals surface area (Å²) in [4.78, 5) is 36.1. The fourth-order valence-corrected chi connectivity index (χ4v) is 3.22. The van der Waals surface area contributed by atoms with Gasteiger partial charge in [0.2, 0.25) is 17.6 Å². The van der Waals surface area contributed by atoms with Crippen molar-refractivity contribution in [2.75, 3.05) is 7.11 Å². The molecule has 39 heavy (non-hydrogen) atoms. The molecule has 0 rings (SSSR count). The zero-order chi connectivity index (χ0) is 30.0. The van der Waals surface area contributed by atoms with Gasteiger partial charge in [0, 0.05) is 11.1 Å². The molecular weight excluding hydrogens is 520 g/mol. The van der Waals surface area contributed by atoms with Crippen LogP contribution in [0.4, 0.5) is 0 Å². The maximum absolute atomic E-state index is 12.7. The Morgan fingerprint density at radius 1 is 1.05 bits per heavy atom. The maximum Gasteiger partial charge on any atom is 0.371 e. The Morgan fingerprint density at radius 3 is 2.26 bits per heavy atom. The molecule has 0 aromatic carbocycles. The molecule has 0 aliphatic rings. The van der Waals surface area contributed by atoms with Gasteiger partial charge in [-0.1, -0.05) is 93.5 Å². The van der Waals surface area contributed by atoms with E-state index >= 15 is 0 Å². The number of allylic oxidation sites excluding steroid dienone is 9. The Hall–Kier alpha value is -3.36. The number of carbonyl (C=O) groups excluding carboxylic acids is 2. The quantitative estimate of drug-likeness (QED) is 0.122. The minimum Gasteiger partial charge on any atom is -0.490 e. The second kappa shape index (κ2) is 18.8. The molecule has 0 saturated carbocycles. The van der Waals surface area contributed by atoms with E-state index in [-0.39, 0.29) is 17.6 Å². The van der Waals surface area contributed by atoms with Gasteiger partial charge in [-0.3, -0.25) is 9.59 Å². The highest BCUT2D eigenvalue weighted by Crippen LogP contribution is 2.19. The molecule has 0 heterocycles. The summed E-state index contributed by atoms with van der Waals surface area (Å²) in [6, 6.07) is -0.780. The van der Waals surface area contributed by atoms with Crippen molar-refractivity contribution in [3.63, 3.8) is 0 Å². The third kappa shape index (κ3) is 17.7. The van der Waals surface area contributed by atoms with Gasteiger partial charge in [-0.25, -0.2) is 4.79 Å². The lowest BCUT2D eigenvalue weighted by Crippen LogP contribution is -2.52. The van der Waals surface area contributed by atoms with Crippen LogP contribution in [0.5, 0.6) is 0 Å². The Morgan fingerprint density at radius 2 is 1.69 bits per heavy atom. The lowest BCUT2D eigenvalue weighted by atomic mass is 9.86. The van der Waals surface area contributed by atoms with Crippen LogP contribution in [0.1, 0.15) is 54.4 Å². The van der Waals surface area contributed by atoms with Crippen LogP contribution in [-0.4, -0.2) is 47.3 Å². The van der Waals surface area contributed by atoms with Crippen molar-refractivity contribution in [1.29, 1.82) is 0 Å². The molecule has 4 N–H and O–H groups in total. The average Bonchev–Trinajstić information content (AvgIpc) is 2.83. The van der Waals surface area contributed by atoms with Crippen molar-refractivity contribution in [3.8, 4) is 0 Å². The number of nitrogens with one attached hydrogen (secondary N) is 2. The second-order valence-corrected chi connectivity index (χ2v) is 10.6. The number of carbonyl (C=O) groups is 3. The van der Waals surface area contributed by atoms with E-state index in [4.69, 9.17) is 21.4 Å². The second-order valence-electron chi connectivity index (χ2n) is 10.0. The average molecular weight is 563 g/mol. The third-order valence-electron chi connectivity index (χ3n) is 5.17. The first-order valence-electron chi connectivity index (χ1n) is 12.6. The van der Waals surface area contributed by atoms with Gasteiger partial charge < -0.3 is 25.6 Å². The molecule has 0 bridgehead atoms. The number of halogens is 1. The van der Waals surface area contributed by atoms with E-state index in [1.807, 2.05) is 52.8 Å². The van der Waals surface area contributed by atoms with Gasteiger partial charge in [0.05, 0.1) is 13.2 Å². The number of carboxylic acid groups (broad SMARTS) is 1. The van der Waals surface area contributed by atoms with E-state index in [0.717, 1.165) is 5.57 Å². The van der Waals surface area contributed by atoms with Gasteiger partial charge in [-0.15, -0.1) is 0 Å². The Balaban J connectivity index is 4.97. The van der Waals surface area contributed by atoms with Crippen LogP contribution in [0.15, 0.2) is 83.3 Å². The van der Waals surface area contributed by atoms with Gasteiger partial charge in [0.15, 0.2) is 0 Å². The van der Waals surface area contributed by atoms with E-state index in [2.05, 4.69) is 10.6 Å². The van der Waals surface area contributed by atoms with Crippen molar-refractivity contribution in [2.45, 2.75) is 66.5 Å². The fourth-order valence-electron chi connectivity index (χ4n) is 3.13. The van der Waals surface area contributed by atoms with E-state index in [1.54, 1.807) is 37.3 Å². The number of rotatable bonds is 15. The van der Waals surface area contributed by atoms with Gasteiger partial charge in [-0.2, -0.15) is 0 Å². The van der Waals surface area contributed by atoms with E-state index < -0.39 is 29.4 Å². The van der Waals surface area contributed by atoms with Gasteiger partial charge in [0.25, 0.3) is 0 Å². The number of methoxy groups -OCH3 is 1. The maximum atomic E-state index is 12.7. The number of ether oxygens (including phenoxy) is 1. The van der Waals surface area contributed by atoms with Crippen LogP contribution >= 0.6 is 11.6 Å². The highest BCUT2D eigenvalue weighted by Gasteiger charge is 2.31. The minimum atomic E-state index is -1.13. The first-order chi connectivity index (χ1) is 18.2. The Labute approximate surface area is 237 Å². The summed E-state index contributed by atoms with van der Waals surface area (Å²) in [6.45, 7) is 11.2. The first kappa shape index (κ1) is 35.6.